The smallest absolute Gasteiger partial charge is 0.252 e. The molecule has 0 fully saturated rings. The highest BCUT2D eigenvalue weighted by Crippen LogP contribution is 2.26. The van der Waals surface area contributed by atoms with Gasteiger partial charge in [0.25, 0.3) is 5.91 Å². The van der Waals surface area contributed by atoms with Crippen LogP contribution in [0.4, 0.5) is 0 Å². The van der Waals surface area contributed by atoms with E-state index in [4.69, 9.17) is 16.3 Å². The first-order chi connectivity index (χ1) is 10.0. The number of carbonyl (C=O) groups is 1. The van der Waals surface area contributed by atoms with Gasteiger partial charge in [-0.3, -0.25) is 4.79 Å². The minimum Gasteiger partial charge on any atom is -0.496 e. The summed E-state index contributed by atoms with van der Waals surface area (Å²) >= 11 is 9.24. The standard InChI is InChI=1S/C16H15BrClNO2/c1-10(12-5-3-4-6-15(12)21-2)19-16(20)13-8-7-11(18)9-14(13)17/h3-10H,1-2H3,(H,19,20). The summed E-state index contributed by atoms with van der Waals surface area (Å²) in [5.74, 6) is 0.581. The first-order valence-electron chi connectivity index (χ1n) is 6.41. The van der Waals surface area contributed by atoms with Gasteiger partial charge in [0.15, 0.2) is 0 Å². The van der Waals surface area contributed by atoms with E-state index in [-0.39, 0.29) is 11.9 Å². The SMILES string of the molecule is COc1ccccc1C(C)NC(=O)c1ccc(Cl)cc1Br. The highest BCUT2D eigenvalue weighted by Gasteiger charge is 2.16. The van der Waals surface area contributed by atoms with E-state index < -0.39 is 0 Å². The van der Waals surface area contributed by atoms with Crippen molar-refractivity contribution in [3.05, 3.63) is 63.1 Å². The van der Waals surface area contributed by atoms with E-state index in [1.54, 1.807) is 25.3 Å². The third-order valence-electron chi connectivity index (χ3n) is 3.13. The Bertz CT molecular complexity index is 660. The number of hydrogen-bond acceptors (Lipinski definition) is 2. The summed E-state index contributed by atoms with van der Waals surface area (Å²) in [7, 11) is 1.61. The number of carbonyl (C=O) groups excluding carboxylic acids is 1. The fraction of sp³-hybridized carbons (Fsp3) is 0.188. The van der Waals surface area contributed by atoms with Crippen molar-refractivity contribution < 1.29 is 9.53 Å². The van der Waals surface area contributed by atoms with E-state index in [0.29, 0.717) is 15.1 Å². The Morgan fingerprint density at radius 2 is 2.00 bits per heavy atom. The van der Waals surface area contributed by atoms with Crippen LogP contribution in [0.5, 0.6) is 5.75 Å². The van der Waals surface area contributed by atoms with Crippen molar-refractivity contribution in [3.8, 4) is 5.75 Å². The van der Waals surface area contributed by atoms with Crippen LogP contribution in [0.25, 0.3) is 0 Å². The van der Waals surface area contributed by atoms with Crippen LogP contribution in [-0.2, 0) is 0 Å². The van der Waals surface area contributed by atoms with Gasteiger partial charge in [0, 0.05) is 15.1 Å². The Labute approximate surface area is 137 Å². The number of halogens is 2. The van der Waals surface area contributed by atoms with E-state index >= 15 is 0 Å². The van der Waals surface area contributed by atoms with Gasteiger partial charge in [-0.15, -0.1) is 0 Å². The zero-order valence-corrected chi connectivity index (χ0v) is 14.0. The lowest BCUT2D eigenvalue weighted by molar-refractivity contribution is 0.0938. The van der Waals surface area contributed by atoms with E-state index in [9.17, 15) is 4.79 Å². The summed E-state index contributed by atoms with van der Waals surface area (Å²) in [6.07, 6.45) is 0. The van der Waals surface area contributed by atoms with Gasteiger partial charge < -0.3 is 10.1 Å². The number of para-hydroxylation sites is 1. The second-order valence-electron chi connectivity index (χ2n) is 4.56. The van der Waals surface area contributed by atoms with Gasteiger partial charge in [0.05, 0.1) is 18.7 Å². The number of nitrogens with one attached hydrogen (secondary N) is 1. The van der Waals surface area contributed by atoms with Gasteiger partial charge in [-0.2, -0.15) is 0 Å². The Morgan fingerprint density at radius 1 is 1.29 bits per heavy atom. The quantitative estimate of drug-likeness (QED) is 0.856. The number of ether oxygens (including phenoxy) is 1. The molecule has 0 aliphatic carbocycles. The van der Waals surface area contributed by atoms with Gasteiger partial charge in [-0.1, -0.05) is 29.8 Å². The molecular weight excluding hydrogens is 354 g/mol. The van der Waals surface area contributed by atoms with E-state index in [0.717, 1.165) is 11.3 Å². The van der Waals surface area contributed by atoms with Crippen LogP contribution in [0.15, 0.2) is 46.9 Å². The van der Waals surface area contributed by atoms with Crippen molar-refractivity contribution in [3.63, 3.8) is 0 Å². The predicted molar refractivity (Wildman–Crippen MR) is 88.0 cm³/mol. The maximum atomic E-state index is 12.3. The molecular formula is C16H15BrClNO2. The number of hydrogen-bond donors (Lipinski definition) is 1. The second kappa shape index (κ2) is 6.96. The lowest BCUT2D eigenvalue weighted by atomic mass is 10.1. The lowest BCUT2D eigenvalue weighted by Gasteiger charge is -2.17. The second-order valence-corrected chi connectivity index (χ2v) is 5.85. The molecule has 1 N–H and O–H groups in total. The fourth-order valence-electron chi connectivity index (χ4n) is 2.05. The summed E-state index contributed by atoms with van der Waals surface area (Å²) < 4.78 is 5.98. The number of amides is 1. The number of rotatable bonds is 4. The minimum absolute atomic E-state index is 0.169. The average molecular weight is 369 g/mol. The third kappa shape index (κ3) is 3.77. The van der Waals surface area contributed by atoms with Crippen LogP contribution in [0, 0.1) is 0 Å². The molecule has 0 radical (unpaired) electrons. The molecule has 3 nitrogen and oxygen atoms in total. The molecule has 2 aromatic rings. The molecule has 1 atom stereocenters. The number of methoxy groups -OCH3 is 1. The van der Waals surface area contributed by atoms with Crippen molar-refractivity contribution in [2.75, 3.05) is 7.11 Å². The molecule has 21 heavy (non-hydrogen) atoms. The van der Waals surface area contributed by atoms with E-state index in [1.807, 2.05) is 31.2 Å². The molecule has 0 bridgehead atoms. The first kappa shape index (κ1) is 15.9. The Balaban J connectivity index is 2.19. The van der Waals surface area contributed by atoms with Crippen molar-refractivity contribution in [1.29, 1.82) is 0 Å². The minimum atomic E-state index is -0.170. The Kier molecular flexibility index (Phi) is 5.26. The zero-order valence-electron chi connectivity index (χ0n) is 11.7. The molecule has 2 aromatic carbocycles. The van der Waals surface area contributed by atoms with Crippen LogP contribution >= 0.6 is 27.5 Å². The maximum Gasteiger partial charge on any atom is 0.252 e. The molecule has 2 rings (SSSR count). The summed E-state index contributed by atoms with van der Waals surface area (Å²) in [6, 6.07) is 12.5. The van der Waals surface area contributed by atoms with Gasteiger partial charge in [-0.25, -0.2) is 0 Å². The molecule has 0 aliphatic heterocycles. The Hall–Kier alpha value is -1.52. The Morgan fingerprint density at radius 3 is 2.67 bits per heavy atom. The predicted octanol–water partition coefficient (Wildman–Crippen LogP) is 4.60. The molecule has 0 spiro atoms. The van der Waals surface area contributed by atoms with Gasteiger partial charge in [0.1, 0.15) is 5.75 Å². The van der Waals surface area contributed by atoms with Crippen LogP contribution in [0.1, 0.15) is 28.9 Å². The largest absolute Gasteiger partial charge is 0.496 e. The summed E-state index contributed by atoms with van der Waals surface area (Å²) in [6.45, 7) is 1.92. The molecule has 110 valence electrons. The maximum absolute atomic E-state index is 12.3. The van der Waals surface area contributed by atoms with Crippen LogP contribution in [0.3, 0.4) is 0 Å². The first-order valence-corrected chi connectivity index (χ1v) is 7.59. The van der Waals surface area contributed by atoms with Crippen molar-refractivity contribution in [2.24, 2.45) is 0 Å². The highest BCUT2D eigenvalue weighted by atomic mass is 79.9. The monoisotopic (exact) mass is 367 g/mol. The molecule has 0 aliphatic rings. The molecule has 1 unspecified atom stereocenters. The molecule has 0 saturated heterocycles. The van der Waals surface area contributed by atoms with Crippen LogP contribution < -0.4 is 10.1 Å². The summed E-state index contributed by atoms with van der Waals surface area (Å²) in [4.78, 5) is 12.3. The van der Waals surface area contributed by atoms with Crippen molar-refractivity contribution in [2.45, 2.75) is 13.0 Å². The molecule has 5 heteroatoms. The average Bonchev–Trinajstić information content (AvgIpc) is 2.46. The van der Waals surface area contributed by atoms with Crippen LogP contribution in [0.2, 0.25) is 5.02 Å². The third-order valence-corrected chi connectivity index (χ3v) is 4.02. The van der Waals surface area contributed by atoms with Crippen LogP contribution in [-0.4, -0.2) is 13.0 Å². The molecule has 0 heterocycles. The van der Waals surface area contributed by atoms with E-state index in [2.05, 4.69) is 21.2 Å². The zero-order chi connectivity index (χ0) is 15.4. The van der Waals surface area contributed by atoms with Gasteiger partial charge in [-0.05, 0) is 47.1 Å². The van der Waals surface area contributed by atoms with Crippen molar-refractivity contribution in [1.82, 2.24) is 5.32 Å². The number of benzene rings is 2. The lowest BCUT2D eigenvalue weighted by Crippen LogP contribution is -2.27. The van der Waals surface area contributed by atoms with E-state index in [1.165, 1.54) is 0 Å². The normalized spacial score (nSPS) is 11.8. The van der Waals surface area contributed by atoms with Gasteiger partial charge in [0.2, 0.25) is 0 Å². The highest BCUT2D eigenvalue weighted by molar-refractivity contribution is 9.10. The molecule has 1 amide bonds. The molecule has 0 saturated carbocycles. The van der Waals surface area contributed by atoms with Crippen molar-refractivity contribution >= 4 is 33.4 Å². The molecule has 0 aromatic heterocycles. The summed E-state index contributed by atoms with van der Waals surface area (Å²) in [5, 5.41) is 3.54. The topological polar surface area (TPSA) is 38.3 Å². The summed E-state index contributed by atoms with van der Waals surface area (Å²) in [5.41, 5.74) is 1.47. The fourth-order valence-corrected chi connectivity index (χ4v) is 2.91. The van der Waals surface area contributed by atoms with Gasteiger partial charge >= 0.3 is 0 Å².